The summed E-state index contributed by atoms with van der Waals surface area (Å²) in [6.07, 6.45) is 3.22. The van der Waals surface area contributed by atoms with Gasteiger partial charge >= 0.3 is 0 Å². The van der Waals surface area contributed by atoms with Crippen molar-refractivity contribution in [3.8, 4) is 0 Å². The molecule has 0 heterocycles. The molecule has 2 rings (SSSR count). The van der Waals surface area contributed by atoms with E-state index in [1.165, 1.54) is 5.56 Å². The van der Waals surface area contributed by atoms with Gasteiger partial charge in [-0.15, -0.1) is 0 Å². The maximum Gasteiger partial charge on any atom is 0.234 e. The van der Waals surface area contributed by atoms with Gasteiger partial charge in [0, 0.05) is 18.3 Å². The minimum atomic E-state index is 0.136. The average Bonchev–Trinajstić information content (AvgIpc) is 3.12. The summed E-state index contributed by atoms with van der Waals surface area (Å²) in [5.41, 5.74) is 7.67. The first kappa shape index (κ1) is 12.9. The van der Waals surface area contributed by atoms with Gasteiger partial charge in [-0.3, -0.25) is 9.69 Å². The van der Waals surface area contributed by atoms with E-state index in [2.05, 4.69) is 5.32 Å². The summed E-state index contributed by atoms with van der Waals surface area (Å²) >= 11 is 0. The normalized spacial score (nSPS) is 14.8. The molecule has 0 unspecified atom stereocenters. The number of nitrogen functional groups attached to an aromatic ring is 1. The highest BCUT2D eigenvalue weighted by atomic mass is 16.2. The number of anilines is 1. The Bertz CT molecular complexity index is 398. The van der Waals surface area contributed by atoms with Crippen LogP contribution in [0.25, 0.3) is 0 Å². The molecule has 0 aliphatic heterocycles. The Morgan fingerprint density at radius 2 is 2.06 bits per heavy atom. The third-order valence-electron chi connectivity index (χ3n) is 3.12. The van der Waals surface area contributed by atoms with Gasteiger partial charge in [0.25, 0.3) is 0 Å². The van der Waals surface area contributed by atoms with Gasteiger partial charge in [-0.05, 0) is 44.0 Å². The van der Waals surface area contributed by atoms with Crippen molar-refractivity contribution < 1.29 is 4.79 Å². The Morgan fingerprint density at radius 1 is 1.39 bits per heavy atom. The third-order valence-corrected chi connectivity index (χ3v) is 3.12. The van der Waals surface area contributed by atoms with Crippen molar-refractivity contribution in [1.29, 1.82) is 0 Å². The molecule has 0 atom stereocenters. The van der Waals surface area contributed by atoms with Gasteiger partial charge in [-0.2, -0.15) is 0 Å². The molecule has 1 aromatic carbocycles. The lowest BCUT2D eigenvalue weighted by Crippen LogP contribution is -2.37. The molecule has 18 heavy (non-hydrogen) atoms. The highest BCUT2D eigenvalue weighted by Crippen LogP contribution is 2.18. The zero-order valence-electron chi connectivity index (χ0n) is 10.9. The molecule has 0 spiro atoms. The third kappa shape index (κ3) is 4.37. The molecule has 1 aliphatic carbocycles. The summed E-state index contributed by atoms with van der Waals surface area (Å²) < 4.78 is 0. The molecule has 4 heteroatoms. The minimum Gasteiger partial charge on any atom is -0.399 e. The van der Waals surface area contributed by atoms with Crippen LogP contribution in [0.4, 0.5) is 5.69 Å². The predicted octanol–water partition coefficient (Wildman–Crippen LogP) is 1.02. The molecule has 4 nitrogen and oxygen atoms in total. The largest absolute Gasteiger partial charge is 0.399 e. The average molecular weight is 247 g/mol. The number of carbonyl (C=O) groups is 1. The van der Waals surface area contributed by atoms with Crippen LogP contribution in [0.2, 0.25) is 0 Å². The number of hydrogen-bond acceptors (Lipinski definition) is 3. The van der Waals surface area contributed by atoms with E-state index in [1.807, 2.05) is 36.2 Å². The van der Waals surface area contributed by atoms with Gasteiger partial charge in [0.15, 0.2) is 0 Å². The van der Waals surface area contributed by atoms with E-state index in [0.29, 0.717) is 12.6 Å². The number of nitrogens with two attached hydrogens (primary N) is 1. The number of nitrogens with one attached hydrogen (secondary N) is 1. The molecule has 0 saturated heterocycles. The highest BCUT2D eigenvalue weighted by molar-refractivity contribution is 5.78. The van der Waals surface area contributed by atoms with Crippen LogP contribution < -0.4 is 11.1 Å². The Morgan fingerprint density at radius 3 is 2.67 bits per heavy atom. The van der Waals surface area contributed by atoms with E-state index < -0.39 is 0 Å². The van der Waals surface area contributed by atoms with Crippen LogP contribution >= 0.6 is 0 Å². The van der Waals surface area contributed by atoms with Gasteiger partial charge in [0.05, 0.1) is 6.54 Å². The fourth-order valence-corrected chi connectivity index (χ4v) is 1.83. The lowest BCUT2D eigenvalue weighted by Gasteiger charge is -2.16. The van der Waals surface area contributed by atoms with Gasteiger partial charge < -0.3 is 11.1 Å². The molecule has 1 aliphatic rings. The first-order valence-electron chi connectivity index (χ1n) is 6.46. The second-order valence-corrected chi connectivity index (χ2v) is 5.07. The predicted molar refractivity (Wildman–Crippen MR) is 73.2 cm³/mol. The first-order chi connectivity index (χ1) is 8.63. The number of amides is 1. The molecule has 1 fully saturated rings. The van der Waals surface area contributed by atoms with Crippen molar-refractivity contribution in [2.24, 2.45) is 0 Å². The summed E-state index contributed by atoms with van der Waals surface area (Å²) in [5.74, 6) is 0.136. The van der Waals surface area contributed by atoms with Crippen molar-refractivity contribution in [2.75, 3.05) is 25.9 Å². The topological polar surface area (TPSA) is 58.4 Å². The van der Waals surface area contributed by atoms with Gasteiger partial charge in [0.1, 0.15) is 0 Å². The highest BCUT2D eigenvalue weighted by Gasteiger charge is 2.23. The lowest BCUT2D eigenvalue weighted by molar-refractivity contribution is -0.122. The molecule has 3 N–H and O–H groups in total. The lowest BCUT2D eigenvalue weighted by atomic mass is 10.1. The number of benzene rings is 1. The second kappa shape index (κ2) is 5.87. The molecular formula is C14H21N3O. The van der Waals surface area contributed by atoms with E-state index in [-0.39, 0.29) is 5.91 Å². The number of hydrogen-bond donors (Lipinski definition) is 2. The Kier molecular flexibility index (Phi) is 4.20. The fraction of sp³-hybridized carbons (Fsp3) is 0.500. The number of likely N-dealkylation sites (N-methyl/N-ethyl adjacent to an activating group) is 1. The van der Waals surface area contributed by atoms with Crippen molar-refractivity contribution in [3.05, 3.63) is 29.8 Å². The van der Waals surface area contributed by atoms with E-state index in [4.69, 9.17) is 5.73 Å². The SMILES string of the molecule is CN(CCc1ccc(N)cc1)CC(=O)NC1CC1. The van der Waals surface area contributed by atoms with E-state index >= 15 is 0 Å². The Hall–Kier alpha value is -1.55. The quantitative estimate of drug-likeness (QED) is 0.738. The van der Waals surface area contributed by atoms with Gasteiger partial charge in [0.2, 0.25) is 5.91 Å². The van der Waals surface area contributed by atoms with Gasteiger partial charge in [-0.1, -0.05) is 12.1 Å². The van der Waals surface area contributed by atoms with Crippen molar-refractivity contribution >= 4 is 11.6 Å². The first-order valence-corrected chi connectivity index (χ1v) is 6.46. The van der Waals surface area contributed by atoms with E-state index in [0.717, 1.165) is 31.5 Å². The Balaban J connectivity index is 1.68. The summed E-state index contributed by atoms with van der Waals surface area (Å²) in [7, 11) is 1.98. The van der Waals surface area contributed by atoms with Crippen LogP contribution in [0.15, 0.2) is 24.3 Å². The zero-order chi connectivity index (χ0) is 13.0. The van der Waals surface area contributed by atoms with Crippen LogP contribution in [0.1, 0.15) is 18.4 Å². The van der Waals surface area contributed by atoms with Gasteiger partial charge in [-0.25, -0.2) is 0 Å². The number of rotatable bonds is 6. The van der Waals surface area contributed by atoms with E-state index in [9.17, 15) is 4.79 Å². The molecular weight excluding hydrogens is 226 g/mol. The van der Waals surface area contributed by atoms with Crippen LogP contribution in [0.5, 0.6) is 0 Å². The standard InChI is InChI=1S/C14H21N3O/c1-17(10-14(18)16-13-6-7-13)9-8-11-2-4-12(15)5-3-11/h2-5,13H,6-10,15H2,1H3,(H,16,18). The summed E-state index contributed by atoms with van der Waals surface area (Å²) in [4.78, 5) is 13.6. The molecule has 1 amide bonds. The maximum atomic E-state index is 11.6. The summed E-state index contributed by atoms with van der Waals surface area (Å²) in [6, 6.07) is 8.34. The Labute approximate surface area is 108 Å². The molecule has 0 radical (unpaired) electrons. The number of nitrogens with zero attached hydrogens (tertiary/aromatic N) is 1. The monoisotopic (exact) mass is 247 g/mol. The molecule has 0 aromatic heterocycles. The van der Waals surface area contributed by atoms with E-state index in [1.54, 1.807) is 0 Å². The van der Waals surface area contributed by atoms with Crippen molar-refractivity contribution in [2.45, 2.75) is 25.3 Å². The molecule has 1 saturated carbocycles. The molecule has 0 bridgehead atoms. The van der Waals surface area contributed by atoms with Crippen LogP contribution in [0.3, 0.4) is 0 Å². The summed E-state index contributed by atoms with van der Waals surface area (Å²) in [5, 5.41) is 2.99. The van der Waals surface area contributed by atoms with Crippen LogP contribution in [-0.2, 0) is 11.2 Å². The van der Waals surface area contributed by atoms with Crippen molar-refractivity contribution in [3.63, 3.8) is 0 Å². The van der Waals surface area contributed by atoms with Crippen LogP contribution in [0, 0.1) is 0 Å². The smallest absolute Gasteiger partial charge is 0.234 e. The summed E-state index contributed by atoms with van der Waals surface area (Å²) in [6.45, 7) is 1.35. The van der Waals surface area contributed by atoms with Crippen LogP contribution in [-0.4, -0.2) is 37.0 Å². The fourth-order valence-electron chi connectivity index (χ4n) is 1.83. The minimum absolute atomic E-state index is 0.136. The molecule has 98 valence electrons. The van der Waals surface area contributed by atoms with Crippen molar-refractivity contribution in [1.82, 2.24) is 10.2 Å². The zero-order valence-corrected chi connectivity index (χ0v) is 10.9. The molecule has 1 aromatic rings. The number of carbonyl (C=O) groups excluding carboxylic acids is 1. The maximum absolute atomic E-state index is 11.6. The second-order valence-electron chi connectivity index (χ2n) is 5.07.